The highest BCUT2D eigenvalue weighted by Gasteiger charge is 2.15. The van der Waals surface area contributed by atoms with Crippen LogP contribution in [0.4, 0.5) is 11.5 Å². The summed E-state index contributed by atoms with van der Waals surface area (Å²) in [5.74, 6) is 0.157. The number of carbonyl (C=O) groups is 1. The molecule has 21 heavy (non-hydrogen) atoms. The van der Waals surface area contributed by atoms with Crippen molar-refractivity contribution in [3.8, 4) is 0 Å². The first-order valence-corrected chi connectivity index (χ1v) is 6.74. The van der Waals surface area contributed by atoms with E-state index in [0.717, 1.165) is 4.57 Å². The molecule has 0 spiro atoms. The molecule has 116 valence electrons. The Morgan fingerprint density at radius 3 is 2.57 bits per heavy atom. The standard InChI is InChI=1S/C13H21N5O3/c1-5-9(19)16-7-8-18-12(20)10(14-3)11(15-6-2)17(4)13(18)21/h6,14H,5,7-8H2,1-4H3,(H,16,19). The van der Waals surface area contributed by atoms with E-state index >= 15 is 0 Å². The minimum Gasteiger partial charge on any atom is -0.381 e. The van der Waals surface area contributed by atoms with Crippen LogP contribution in [0.15, 0.2) is 14.6 Å². The predicted octanol–water partition coefficient (Wildman–Crippen LogP) is -0.163. The van der Waals surface area contributed by atoms with Crippen molar-refractivity contribution in [2.75, 3.05) is 18.9 Å². The van der Waals surface area contributed by atoms with Gasteiger partial charge in [0.05, 0.1) is 0 Å². The minimum atomic E-state index is -0.467. The Bertz CT molecular complexity index is 657. The average Bonchev–Trinajstić information content (AvgIpc) is 2.48. The Morgan fingerprint density at radius 2 is 2.05 bits per heavy atom. The molecule has 8 heteroatoms. The normalized spacial score (nSPS) is 10.9. The topological polar surface area (TPSA) is 97.5 Å². The van der Waals surface area contributed by atoms with Gasteiger partial charge < -0.3 is 10.6 Å². The molecule has 1 rings (SSSR count). The van der Waals surface area contributed by atoms with E-state index < -0.39 is 11.2 Å². The molecule has 8 nitrogen and oxygen atoms in total. The maximum absolute atomic E-state index is 12.3. The highest BCUT2D eigenvalue weighted by molar-refractivity contribution is 5.75. The molecule has 1 aromatic rings. The number of aromatic nitrogens is 2. The summed E-state index contributed by atoms with van der Waals surface area (Å²) in [5.41, 5.74) is -0.672. The van der Waals surface area contributed by atoms with E-state index in [4.69, 9.17) is 0 Å². The monoisotopic (exact) mass is 295 g/mol. The largest absolute Gasteiger partial charge is 0.381 e. The summed E-state index contributed by atoms with van der Waals surface area (Å²) < 4.78 is 2.38. The fourth-order valence-electron chi connectivity index (χ4n) is 1.88. The number of aliphatic imine (C=N–C) groups is 1. The Labute approximate surface area is 122 Å². The second kappa shape index (κ2) is 7.41. The molecule has 0 atom stereocenters. The number of amides is 1. The van der Waals surface area contributed by atoms with Crippen molar-refractivity contribution in [3.63, 3.8) is 0 Å². The summed E-state index contributed by atoms with van der Waals surface area (Å²) in [6, 6.07) is 0. The summed E-state index contributed by atoms with van der Waals surface area (Å²) in [5, 5.41) is 5.41. The van der Waals surface area contributed by atoms with Gasteiger partial charge in [-0.1, -0.05) is 6.92 Å². The lowest BCUT2D eigenvalue weighted by Crippen LogP contribution is -2.42. The van der Waals surface area contributed by atoms with Crippen molar-refractivity contribution >= 4 is 23.6 Å². The highest BCUT2D eigenvalue weighted by Crippen LogP contribution is 2.16. The molecular weight excluding hydrogens is 274 g/mol. The van der Waals surface area contributed by atoms with Crippen LogP contribution in [0.1, 0.15) is 20.3 Å². The van der Waals surface area contributed by atoms with Gasteiger partial charge in [-0.05, 0) is 6.92 Å². The van der Waals surface area contributed by atoms with Gasteiger partial charge in [0.25, 0.3) is 5.56 Å². The van der Waals surface area contributed by atoms with E-state index in [2.05, 4.69) is 15.6 Å². The van der Waals surface area contributed by atoms with E-state index in [1.54, 1.807) is 27.9 Å². The number of hydrogen-bond donors (Lipinski definition) is 2. The van der Waals surface area contributed by atoms with E-state index in [0.29, 0.717) is 6.42 Å². The molecule has 0 aliphatic carbocycles. The molecule has 1 aromatic heterocycles. The molecule has 1 amide bonds. The molecule has 0 radical (unpaired) electrons. The van der Waals surface area contributed by atoms with Crippen LogP contribution in [0.5, 0.6) is 0 Å². The van der Waals surface area contributed by atoms with E-state index in [9.17, 15) is 14.4 Å². The van der Waals surface area contributed by atoms with E-state index in [1.165, 1.54) is 10.8 Å². The molecule has 0 saturated carbocycles. The summed E-state index contributed by atoms with van der Waals surface area (Å²) in [7, 11) is 3.14. The first-order chi connectivity index (χ1) is 9.97. The van der Waals surface area contributed by atoms with Gasteiger partial charge in [0, 0.05) is 39.8 Å². The van der Waals surface area contributed by atoms with Crippen molar-refractivity contribution < 1.29 is 4.79 Å². The number of rotatable bonds is 6. The lowest BCUT2D eigenvalue weighted by atomic mass is 10.4. The fraction of sp³-hybridized carbons (Fsp3) is 0.538. The number of nitrogens with one attached hydrogen (secondary N) is 2. The van der Waals surface area contributed by atoms with E-state index in [1.807, 2.05) is 0 Å². The summed E-state index contributed by atoms with van der Waals surface area (Å²) in [4.78, 5) is 39.8. The van der Waals surface area contributed by atoms with Crippen molar-refractivity contribution in [1.82, 2.24) is 14.5 Å². The number of carbonyl (C=O) groups excluding carboxylic acids is 1. The van der Waals surface area contributed by atoms with Crippen molar-refractivity contribution in [1.29, 1.82) is 0 Å². The smallest absolute Gasteiger partial charge is 0.332 e. The second-order valence-electron chi connectivity index (χ2n) is 4.34. The first kappa shape index (κ1) is 16.7. The Morgan fingerprint density at radius 1 is 1.38 bits per heavy atom. The second-order valence-corrected chi connectivity index (χ2v) is 4.34. The Balaban J connectivity index is 3.23. The SMILES string of the molecule is CC=Nc1c(NC)c(=O)n(CCNC(=O)CC)c(=O)n1C. The molecule has 1 heterocycles. The van der Waals surface area contributed by atoms with Gasteiger partial charge in [0.15, 0.2) is 5.82 Å². The quantitative estimate of drug-likeness (QED) is 0.712. The van der Waals surface area contributed by atoms with Crippen LogP contribution in [0, 0.1) is 0 Å². The third-order valence-corrected chi connectivity index (χ3v) is 3.00. The van der Waals surface area contributed by atoms with Crippen molar-refractivity contribution in [2.45, 2.75) is 26.8 Å². The molecule has 2 N–H and O–H groups in total. The molecule has 0 aliphatic rings. The maximum Gasteiger partial charge on any atom is 0.332 e. The van der Waals surface area contributed by atoms with Crippen molar-refractivity contribution in [3.05, 3.63) is 20.8 Å². The van der Waals surface area contributed by atoms with Gasteiger partial charge in [0.2, 0.25) is 5.91 Å². The number of anilines is 1. The molecular formula is C13H21N5O3. The van der Waals surface area contributed by atoms with Crippen LogP contribution < -0.4 is 21.9 Å². The zero-order chi connectivity index (χ0) is 16.0. The third kappa shape index (κ3) is 3.59. The fourth-order valence-corrected chi connectivity index (χ4v) is 1.88. The van der Waals surface area contributed by atoms with Crippen LogP contribution in [0.2, 0.25) is 0 Å². The Kier molecular flexibility index (Phi) is 5.89. The Hall–Kier alpha value is -2.38. The van der Waals surface area contributed by atoms with Gasteiger partial charge in [0.1, 0.15) is 5.69 Å². The molecule has 0 aliphatic heterocycles. The minimum absolute atomic E-state index is 0.113. The van der Waals surface area contributed by atoms with Crippen molar-refractivity contribution in [2.24, 2.45) is 12.0 Å². The van der Waals surface area contributed by atoms with Crippen LogP contribution >= 0.6 is 0 Å². The zero-order valence-electron chi connectivity index (χ0n) is 12.8. The predicted molar refractivity (Wildman–Crippen MR) is 82.6 cm³/mol. The van der Waals surface area contributed by atoms with Gasteiger partial charge in [-0.25, -0.2) is 9.79 Å². The maximum atomic E-state index is 12.3. The van der Waals surface area contributed by atoms with E-state index in [-0.39, 0.29) is 30.5 Å². The molecule has 0 unspecified atom stereocenters. The lowest BCUT2D eigenvalue weighted by molar-refractivity contribution is -0.120. The molecule has 0 aromatic carbocycles. The van der Waals surface area contributed by atoms with Gasteiger partial charge in [-0.3, -0.25) is 18.7 Å². The van der Waals surface area contributed by atoms with Crippen LogP contribution in [-0.2, 0) is 18.4 Å². The summed E-state index contributed by atoms with van der Waals surface area (Å²) in [6.07, 6.45) is 1.87. The number of hydrogen-bond acceptors (Lipinski definition) is 5. The summed E-state index contributed by atoms with van der Waals surface area (Å²) >= 11 is 0. The zero-order valence-corrected chi connectivity index (χ0v) is 12.8. The summed E-state index contributed by atoms with van der Waals surface area (Å²) in [6.45, 7) is 3.77. The van der Waals surface area contributed by atoms with Crippen LogP contribution in [0.25, 0.3) is 0 Å². The van der Waals surface area contributed by atoms with Gasteiger partial charge >= 0.3 is 5.69 Å². The van der Waals surface area contributed by atoms with Gasteiger partial charge in [-0.2, -0.15) is 0 Å². The van der Waals surface area contributed by atoms with Crippen LogP contribution in [0.3, 0.4) is 0 Å². The molecule has 0 bridgehead atoms. The molecule has 0 fully saturated rings. The lowest BCUT2D eigenvalue weighted by Gasteiger charge is -2.13. The average molecular weight is 295 g/mol. The first-order valence-electron chi connectivity index (χ1n) is 6.74. The number of nitrogens with zero attached hydrogens (tertiary/aromatic N) is 3. The molecule has 0 saturated heterocycles. The third-order valence-electron chi connectivity index (χ3n) is 3.00. The highest BCUT2D eigenvalue weighted by atomic mass is 16.2. The van der Waals surface area contributed by atoms with Crippen LogP contribution in [-0.4, -0.2) is 34.8 Å². The van der Waals surface area contributed by atoms with Gasteiger partial charge in [-0.15, -0.1) is 0 Å².